The van der Waals surface area contributed by atoms with Crippen LogP contribution >= 0.6 is 11.6 Å². The average molecular weight is 341 g/mol. The van der Waals surface area contributed by atoms with Crippen molar-refractivity contribution in [3.05, 3.63) is 75.0 Å². The van der Waals surface area contributed by atoms with E-state index < -0.39 is 0 Å². The Morgan fingerprint density at radius 2 is 1.83 bits per heavy atom. The van der Waals surface area contributed by atoms with Gasteiger partial charge in [-0.15, -0.1) is 0 Å². The van der Waals surface area contributed by atoms with Crippen molar-refractivity contribution in [2.24, 2.45) is 0 Å². The lowest BCUT2D eigenvalue weighted by molar-refractivity contribution is -0.116. The Morgan fingerprint density at radius 1 is 1.08 bits per heavy atom. The number of pyridine rings is 1. The lowest BCUT2D eigenvalue weighted by Gasteiger charge is -2.14. The SMILES string of the molecule is Cc1cc(=O)n(CC(=O)Nc2ccccc2Cl)c2c(C)cccc12. The van der Waals surface area contributed by atoms with Crippen LogP contribution in [-0.4, -0.2) is 10.5 Å². The molecule has 3 rings (SSSR count). The van der Waals surface area contributed by atoms with Gasteiger partial charge in [0.2, 0.25) is 5.91 Å². The zero-order chi connectivity index (χ0) is 17.3. The van der Waals surface area contributed by atoms with Gasteiger partial charge in [-0.2, -0.15) is 0 Å². The van der Waals surface area contributed by atoms with Gasteiger partial charge >= 0.3 is 0 Å². The van der Waals surface area contributed by atoms with Gasteiger partial charge in [-0.05, 0) is 37.1 Å². The van der Waals surface area contributed by atoms with Gasteiger partial charge in [0.05, 0.1) is 16.2 Å². The highest BCUT2D eigenvalue weighted by molar-refractivity contribution is 6.33. The summed E-state index contributed by atoms with van der Waals surface area (Å²) < 4.78 is 1.50. The van der Waals surface area contributed by atoms with E-state index in [1.165, 1.54) is 4.57 Å². The molecule has 0 saturated carbocycles. The Morgan fingerprint density at radius 3 is 2.58 bits per heavy atom. The number of nitrogens with zero attached hydrogens (tertiary/aromatic N) is 1. The van der Waals surface area contributed by atoms with Crippen LogP contribution in [0.4, 0.5) is 5.69 Å². The summed E-state index contributed by atoms with van der Waals surface area (Å²) in [5.74, 6) is -0.293. The van der Waals surface area contributed by atoms with E-state index in [1.807, 2.05) is 32.0 Å². The maximum atomic E-state index is 12.4. The highest BCUT2D eigenvalue weighted by Gasteiger charge is 2.12. The molecule has 0 atom stereocenters. The van der Waals surface area contributed by atoms with Gasteiger partial charge in [0, 0.05) is 11.5 Å². The minimum atomic E-state index is -0.293. The number of nitrogens with one attached hydrogen (secondary N) is 1. The summed E-state index contributed by atoms with van der Waals surface area (Å²) in [7, 11) is 0. The van der Waals surface area contributed by atoms with Crippen molar-refractivity contribution in [2.45, 2.75) is 20.4 Å². The van der Waals surface area contributed by atoms with Gasteiger partial charge in [-0.3, -0.25) is 14.2 Å². The second-order valence-electron chi connectivity index (χ2n) is 5.75. The van der Waals surface area contributed by atoms with Crippen LogP contribution in [0.2, 0.25) is 5.02 Å². The number of aryl methyl sites for hydroxylation is 2. The number of rotatable bonds is 3. The number of carbonyl (C=O) groups is 1. The first-order valence-electron chi connectivity index (χ1n) is 7.61. The van der Waals surface area contributed by atoms with Crippen molar-refractivity contribution in [1.29, 1.82) is 0 Å². The van der Waals surface area contributed by atoms with Crippen LogP contribution in [0.25, 0.3) is 10.9 Å². The molecule has 4 nitrogen and oxygen atoms in total. The third kappa shape index (κ3) is 3.05. The molecule has 0 aliphatic rings. The molecule has 0 radical (unpaired) electrons. The molecule has 3 aromatic rings. The largest absolute Gasteiger partial charge is 0.323 e. The fourth-order valence-corrected chi connectivity index (χ4v) is 3.02. The molecule has 0 aliphatic heterocycles. The maximum Gasteiger partial charge on any atom is 0.251 e. The highest BCUT2D eigenvalue weighted by atomic mass is 35.5. The Balaban J connectivity index is 2.00. The molecule has 0 aliphatic carbocycles. The number of hydrogen-bond acceptors (Lipinski definition) is 2. The molecule has 1 N–H and O–H groups in total. The fourth-order valence-electron chi connectivity index (χ4n) is 2.84. The van der Waals surface area contributed by atoms with Crippen LogP contribution in [0, 0.1) is 13.8 Å². The van der Waals surface area contributed by atoms with Crippen LogP contribution in [-0.2, 0) is 11.3 Å². The monoisotopic (exact) mass is 340 g/mol. The first kappa shape index (κ1) is 16.3. The summed E-state index contributed by atoms with van der Waals surface area (Å²) in [5.41, 5.74) is 2.99. The predicted molar refractivity (Wildman–Crippen MR) is 97.8 cm³/mol. The summed E-state index contributed by atoms with van der Waals surface area (Å²) in [5, 5.41) is 4.19. The molecule has 0 fully saturated rings. The second-order valence-corrected chi connectivity index (χ2v) is 6.16. The molecule has 122 valence electrons. The molecule has 1 heterocycles. The summed E-state index contributed by atoms with van der Waals surface area (Å²) >= 11 is 6.06. The van der Waals surface area contributed by atoms with Gasteiger partial charge in [-0.25, -0.2) is 0 Å². The maximum absolute atomic E-state index is 12.4. The zero-order valence-corrected chi connectivity index (χ0v) is 14.2. The van der Waals surface area contributed by atoms with E-state index in [-0.39, 0.29) is 18.0 Å². The molecule has 1 amide bonds. The summed E-state index contributed by atoms with van der Waals surface area (Å²) in [4.78, 5) is 24.8. The minimum absolute atomic E-state index is 0.0638. The van der Waals surface area contributed by atoms with Crippen molar-refractivity contribution < 1.29 is 4.79 Å². The smallest absolute Gasteiger partial charge is 0.251 e. The van der Waals surface area contributed by atoms with Crippen molar-refractivity contribution in [2.75, 3.05) is 5.32 Å². The van der Waals surface area contributed by atoms with E-state index in [0.29, 0.717) is 10.7 Å². The van der Waals surface area contributed by atoms with Crippen molar-refractivity contribution in [3.8, 4) is 0 Å². The molecule has 24 heavy (non-hydrogen) atoms. The van der Waals surface area contributed by atoms with E-state index >= 15 is 0 Å². The summed E-state index contributed by atoms with van der Waals surface area (Å²) in [6.45, 7) is 3.77. The fraction of sp³-hybridized carbons (Fsp3) is 0.158. The van der Waals surface area contributed by atoms with Crippen LogP contribution in [0.5, 0.6) is 0 Å². The molecule has 1 aromatic heterocycles. The first-order chi connectivity index (χ1) is 11.5. The number of aromatic nitrogens is 1. The molecule has 0 bridgehead atoms. The lowest BCUT2D eigenvalue weighted by Crippen LogP contribution is -2.28. The predicted octanol–water partition coefficient (Wildman–Crippen LogP) is 3.91. The quantitative estimate of drug-likeness (QED) is 0.786. The Bertz CT molecular complexity index is 992. The second kappa shape index (κ2) is 6.49. The topological polar surface area (TPSA) is 51.1 Å². The van der Waals surface area contributed by atoms with Gasteiger partial charge in [-0.1, -0.05) is 41.9 Å². The first-order valence-corrected chi connectivity index (χ1v) is 7.99. The van der Waals surface area contributed by atoms with E-state index in [0.717, 1.165) is 22.0 Å². The molecule has 0 saturated heterocycles. The number of anilines is 1. The van der Waals surface area contributed by atoms with Crippen molar-refractivity contribution in [1.82, 2.24) is 4.57 Å². The number of fused-ring (bicyclic) bond motifs is 1. The molecular formula is C19H17ClN2O2. The van der Waals surface area contributed by atoms with Crippen LogP contribution in [0.3, 0.4) is 0 Å². The van der Waals surface area contributed by atoms with Crippen molar-refractivity contribution >= 4 is 34.1 Å². The van der Waals surface area contributed by atoms with Gasteiger partial charge in [0.15, 0.2) is 0 Å². The van der Waals surface area contributed by atoms with E-state index in [9.17, 15) is 9.59 Å². The lowest BCUT2D eigenvalue weighted by atomic mass is 10.1. The summed E-state index contributed by atoms with van der Waals surface area (Å²) in [6.07, 6.45) is 0. The van der Waals surface area contributed by atoms with Crippen LogP contribution in [0.15, 0.2) is 53.3 Å². The van der Waals surface area contributed by atoms with Crippen LogP contribution < -0.4 is 10.9 Å². The average Bonchev–Trinajstić information content (AvgIpc) is 2.54. The van der Waals surface area contributed by atoms with Gasteiger partial charge in [0.25, 0.3) is 5.56 Å². The number of hydrogen-bond donors (Lipinski definition) is 1. The van der Waals surface area contributed by atoms with Gasteiger partial charge in [0.1, 0.15) is 6.54 Å². The number of halogens is 1. The number of para-hydroxylation sites is 2. The molecule has 0 unspecified atom stereocenters. The minimum Gasteiger partial charge on any atom is -0.323 e. The van der Waals surface area contributed by atoms with E-state index in [4.69, 9.17) is 11.6 Å². The Labute approximate surface area is 144 Å². The number of benzene rings is 2. The van der Waals surface area contributed by atoms with Gasteiger partial charge < -0.3 is 5.32 Å². The van der Waals surface area contributed by atoms with E-state index in [1.54, 1.807) is 30.3 Å². The third-order valence-electron chi connectivity index (χ3n) is 3.99. The van der Waals surface area contributed by atoms with Crippen LogP contribution in [0.1, 0.15) is 11.1 Å². The summed E-state index contributed by atoms with van der Waals surface area (Å²) in [6, 6.07) is 14.4. The molecule has 0 spiro atoms. The zero-order valence-electron chi connectivity index (χ0n) is 13.5. The third-order valence-corrected chi connectivity index (χ3v) is 4.32. The highest BCUT2D eigenvalue weighted by Crippen LogP contribution is 2.22. The molecule has 2 aromatic carbocycles. The Hall–Kier alpha value is -2.59. The standard InChI is InChI=1S/C19H17ClN2O2/c1-12-6-5-7-14-13(2)10-18(24)22(19(12)14)11-17(23)21-16-9-4-3-8-15(16)20/h3-10H,11H2,1-2H3,(H,21,23). The number of amides is 1. The molecular weight excluding hydrogens is 324 g/mol. The van der Waals surface area contributed by atoms with E-state index in [2.05, 4.69) is 5.32 Å². The number of carbonyl (C=O) groups excluding carboxylic acids is 1. The normalized spacial score (nSPS) is 10.8. The molecule has 5 heteroatoms. The Kier molecular flexibility index (Phi) is 4.40. The van der Waals surface area contributed by atoms with Crippen molar-refractivity contribution in [3.63, 3.8) is 0 Å².